The lowest BCUT2D eigenvalue weighted by Gasteiger charge is -2.04. The van der Waals surface area contributed by atoms with Crippen molar-refractivity contribution < 1.29 is 0 Å². The molecule has 2 aromatic rings. The van der Waals surface area contributed by atoms with Crippen LogP contribution in [0, 0.1) is 11.3 Å². The maximum atomic E-state index is 9.00. The van der Waals surface area contributed by atoms with Gasteiger partial charge in [-0.1, -0.05) is 18.2 Å². The third-order valence-electron chi connectivity index (χ3n) is 2.25. The molecule has 0 aliphatic heterocycles. The van der Waals surface area contributed by atoms with Crippen LogP contribution in [0.5, 0.6) is 0 Å². The Balaban J connectivity index is 2.55. The topological polar surface area (TPSA) is 61.6 Å². The standard InChI is InChI=1S/C12H10N4/c1-14-12-6-11(15-8-16-12)10-5-3-2-4-9(10)7-13/h2-6,8H,1H3,(H,14,15,16). The number of nitrogens with one attached hydrogen (secondary N) is 1. The second-order valence-corrected chi connectivity index (χ2v) is 3.20. The van der Waals surface area contributed by atoms with Gasteiger partial charge in [0.15, 0.2) is 0 Å². The summed E-state index contributed by atoms with van der Waals surface area (Å²) in [5, 5.41) is 11.9. The quantitative estimate of drug-likeness (QED) is 0.824. The highest BCUT2D eigenvalue weighted by molar-refractivity contribution is 5.68. The molecule has 1 N–H and O–H groups in total. The van der Waals surface area contributed by atoms with E-state index in [2.05, 4.69) is 21.4 Å². The van der Waals surface area contributed by atoms with Crippen LogP contribution in [0.15, 0.2) is 36.7 Å². The number of hydrogen-bond donors (Lipinski definition) is 1. The predicted octanol–water partition coefficient (Wildman–Crippen LogP) is 2.06. The van der Waals surface area contributed by atoms with Crippen molar-refractivity contribution in [3.63, 3.8) is 0 Å². The number of aromatic nitrogens is 2. The SMILES string of the molecule is CNc1cc(-c2ccccc2C#N)ncn1. The minimum absolute atomic E-state index is 0.614. The third-order valence-corrected chi connectivity index (χ3v) is 2.25. The predicted molar refractivity (Wildman–Crippen MR) is 61.7 cm³/mol. The Bertz CT molecular complexity index is 543. The van der Waals surface area contributed by atoms with E-state index < -0.39 is 0 Å². The van der Waals surface area contributed by atoms with Gasteiger partial charge in [0.1, 0.15) is 12.1 Å². The zero-order chi connectivity index (χ0) is 11.4. The Hall–Kier alpha value is -2.41. The Morgan fingerprint density at radius 3 is 2.81 bits per heavy atom. The number of anilines is 1. The number of nitriles is 1. The molecular weight excluding hydrogens is 200 g/mol. The third kappa shape index (κ3) is 1.84. The van der Waals surface area contributed by atoms with Crippen molar-refractivity contribution in [3.05, 3.63) is 42.2 Å². The van der Waals surface area contributed by atoms with Crippen molar-refractivity contribution in [2.75, 3.05) is 12.4 Å². The largest absolute Gasteiger partial charge is 0.373 e. The first-order valence-electron chi connectivity index (χ1n) is 4.84. The van der Waals surface area contributed by atoms with Crippen LogP contribution < -0.4 is 5.32 Å². The van der Waals surface area contributed by atoms with Crippen LogP contribution in [0.3, 0.4) is 0 Å². The summed E-state index contributed by atoms with van der Waals surface area (Å²) in [4.78, 5) is 8.20. The molecule has 0 spiro atoms. The zero-order valence-corrected chi connectivity index (χ0v) is 8.81. The Morgan fingerprint density at radius 1 is 1.25 bits per heavy atom. The van der Waals surface area contributed by atoms with Gasteiger partial charge in [-0.15, -0.1) is 0 Å². The van der Waals surface area contributed by atoms with Crippen LogP contribution in [0.2, 0.25) is 0 Å². The average molecular weight is 210 g/mol. The minimum Gasteiger partial charge on any atom is -0.373 e. The molecule has 2 rings (SSSR count). The lowest BCUT2D eigenvalue weighted by molar-refractivity contribution is 1.16. The van der Waals surface area contributed by atoms with Crippen LogP contribution in [0.1, 0.15) is 5.56 Å². The van der Waals surface area contributed by atoms with E-state index in [0.717, 1.165) is 17.1 Å². The summed E-state index contributed by atoms with van der Waals surface area (Å²) in [7, 11) is 1.79. The average Bonchev–Trinajstić information content (AvgIpc) is 2.38. The fourth-order valence-electron chi connectivity index (χ4n) is 1.45. The van der Waals surface area contributed by atoms with Gasteiger partial charge in [0.05, 0.1) is 17.3 Å². The van der Waals surface area contributed by atoms with E-state index in [0.29, 0.717) is 5.56 Å². The zero-order valence-electron chi connectivity index (χ0n) is 8.81. The molecule has 1 aromatic carbocycles. The molecule has 0 unspecified atom stereocenters. The van der Waals surface area contributed by atoms with E-state index in [-0.39, 0.29) is 0 Å². The molecule has 4 heteroatoms. The van der Waals surface area contributed by atoms with Gasteiger partial charge in [-0.3, -0.25) is 0 Å². The van der Waals surface area contributed by atoms with Gasteiger partial charge in [0.25, 0.3) is 0 Å². The number of benzene rings is 1. The lowest BCUT2D eigenvalue weighted by atomic mass is 10.1. The molecule has 0 fully saturated rings. The molecule has 1 heterocycles. The van der Waals surface area contributed by atoms with E-state index in [1.54, 1.807) is 13.1 Å². The van der Waals surface area contributed by atoms with E-state index in [1.807, 2.05) is 24.3 Å². The summed E-state index contributed by atoms with van der Waals surface area (Å²) in [5.74, 6) is 0.734. The summed E-state index contributed by atoms with van der Waals surface area (Å²) in [5.41, 5.74) is 2.18. The molecule has 4 nitrogen and oxygen atoms in total. The summed E-state index contributed by atoms with van der Waals surface area (Å²) < 4.78 is 0. The highest BCUT2D eigenvalue weighted by Gasteiger charge is 2.05. The summed E-state index contributed by atoms with van der Waals surface area (Å²) in [6, 6.07) is 11.3. The lowest BCUT2D eigenvalue weighted by Crippen LogP contribution is -1.95. The molecule has 78 valence electrons. The number of rotatable bonds is 2. The molecule has 16 heavy (non-hydrogen) atoms. The van der Waals surface area contributed by atoms with Gasteiger partial charge in [0.2, 0.25) is 0 Å². The van der Waals surface area contributed by atoms with Gasteiger partial charge in [0, 0.05) is 18.7 Å². The van der Waals surface area contributed by atoms with Crippen molar-refractivity contribution in [2.45, 2.75) is 0 Å². The van der Waals surface area contributed by atoms with Gasteiger partial charge >= 0.3 is 0 Å². The van der Waals surface area contributed by atoms with E-state index in [1.165, 1.54) is 6.33 Å². The van der Waals surface area contributed by atoms with Crippen molar-refractivity contribution in [1.29, 1.82) is 5.26 Å². The van der Waals surface area contributed by atoms with Crippen LogP contribution in [-0.4, -0.2) is 17.0 Å². The molecular formula is C12H10N4. The van der Waals surface area contributed by atoms with Crippen molar-refractivity contribution in [3.8, 4) is 17.3 Å². The van der Waals surface area contributed by atoms with E-state index in [4.69, 9.17) is 5.26 Å². The second-order valence-electron chi connectivity index (χ2n) is 3.20. The van der Waals surface area contributed by atoms with Crippen LogP contribution in [0.4, 0.5) is 5.82 Å². The first-order chi connectivity index (χ1) is 7.85. The molecule has 0 saturated carbocycles. The molecule has 0 aliphatic carbocycles. The molecule has 0 aliphatic rings. The maximum absolute atomic E-state index is 9.00. The van der Waals surface area contributed by atoms with E-state index in [9.17, 15) is 0 Å². The molecule has 1 aromatic heterocycles. The molecule has 0 amide bonds. The molecule has 0 radical (unpaired) electrons. The van der Waals surface area contributed by atoms with Crippen molar-refractivity contribution >= 4 is 5.82 Å². The number of nitrogens with zero attached hydrogens (tertiary/aromatic N) is 3. The van der Waals surface area contributed by atoms with Gasteiger partial charge < -0.3 is 5.32 Å². The van der Waals surface area contributed by atoms with Crippen molar-refractivity contribution in [2.24, 2.45) is 0 Å². The van der Waals surface area contributed by atoms with E-state index >= 15 is 0 Å². The highest BCUT2D eigenvalue weighted by Crippen LogP contribution is 2.21. The Morgan fingerprint density at radius 2 is 2.06 bits per heavy atom. The molecule has 0 saturated heterocycles. The van der Waals surface area contributed by atoms with Crippen LogP contribution in [-0.2, 0) is 0 Å². The van der Waals surface area contributed by atoms with Crippen LogP contribution in [0.25, 0.3) is 11.3 Å². The van der Waals surface area contributed by atoms with Gasteiger partial charge in [-0.05, 0) is 6.07 Å². The monoisotopic (exact) mass is 210 g/mol. The Labute approximate surface area is 93.6 Å². The first-order valence-corrected chi connectivity index (χ1v) is 4.84. The first kappa shape index (κ1) is 10.1. The normalized spacial score (nSPS) is 9.50. The molecule has 0 atom stereocenters. The minimum atomic E-state index is 0.614. The maximum Gasteiger partial charge on any atom is 0.129 e. The smallest absolute Gasteiger partial charge is 0.129 e. The molecule has 0 bridgehead atoms. The highest BCUT2D eigenvalue weighted by atomic mass is 15.0. The van der Waals surface area contributed by atoms with Gasteiger partial charge in [-0.25, -0.2) is 9.97 Å². The fourth-order valence-corrected chi connectivity index (χ4v) is 1.45. The summed E-state index contributed by atoms with van der Waals surface area (Å²) in [6.07, 6.45) is 1.48. The summed E-state index contributed by atoms with van der Waals surface area (Å²) >= 11 is 0. The Kier molecular flexibility index (Phi) is 2.79. The second kappa shape index (κ2) is 4.41. The van der Waals surface area contributed by atoms with Gasteiger partial charge in [-0.2, -0.15) is 5.26 Å². The number of hydrogen-bond acceptors (Lipinski definition) is 4. The fraction of sp³-hybridized carbons (Fsp3) is 0.0833. The summed E-state index contributed by atoms with van der Waals surface area (Å²) in [6.45, 7) is 0. The van der Waals surface area contributed by atoms with Crippen LogP contribution >= 0.6 is 0 Å². The van der Waals surface area contributed by atoms with Crippen molar-refractivity contribution in [1.82, 2.24) is 9.97 Å².